The Kier molecular flexibility index (Phi) is 7.30. The van der Waals surface area contributed by atoms with Gasteiger partial charge in [0.15, 0.2) is 5.82 Å². The largest absolute Gasteiger partial charge is 0.512 e. The third-order valence-corrected chi connectivity index (χ3v) is 8.30. The molecule has 0 amide bonds. The third kappa shape index (κ3) is 5.26. The Morgan fingerprint density at radius 3 is 2.70 bits per heavy atom. The van der Waals surface area contributed by atoms with Gasteiger partial charge in [-0.25, -0.2) is 9.50 Å². The molecule has 1 aliphatic carbocycles. The minimum atomic E-state index is -0.344. The first-order valence-electron chi connectivity index (χ1n) is 13.6. The van der Waals surface area contributed by atoms with Crippen LogP contribution in [0.2, 0.25) is 0 Å². The fourth-order valence-electron chi connectivity index (χ4n) is 6.26. The molecule has 1 fully saturated rings. The topological polar surface area (TPSA) is 96.3 Å². The molecule has 0 bridgehead atoms. The number of rotatable bonds is 8. The Labute approximate surface area is 219 Å². The average Bonchev–Trinajstić information content (AvgIpc) is 3.56. The Balaban J connectivity index is 1.35. The first kappa shape index (κ1) is 25.4. The van der Waals surface area contributed by atoms with Crippen molar-refractivity contribution in [1.29, 1.82) is 5.26 Å². The van der Waals surface area contributed by atoms with E-state index in [1.165, 1.54) is 24.0 Å². The van der Waals surface area contributed by atoms with E-state index in [4.69, 9.17) is 10.00 Å². The van der Waals surface area contributed by atoms with Gasteiger partial charge in [-0.05, 0) is 74.6 Å². The lowest BCUT2D eigenvalue weighted by molar-refractivity contribution is -0.0994. The van der Waals surface area contributed by atoms with Gasteiger partial charge in [-0.2, -0.15) is 10.2 Å². The van der Waals surface area contributed by atoms with Crippen LogP contribution in [0.1, 0.15) is 79.4 Å². The summed E-state index contributed by atoms with van der Waals surface area (Å²) in [5, 5.41) is 25.0. The predicted molar refractivity (Wildman–Crippen MR) is 142 cm³/mol. The van der Waals surface area contributed by atoms with Crippen LogP contribution < -0.4 is 0 Å². The number of ether oxygens (including phenoxy) is 1. The SMILES string of the molecule is CCc1cc(CCC2(C3CCCC3)CC(O)=C(Cc3nc4nc(C)cc(C)n4n3)CO2)ccc1CC#N. The molecule has 1 N–H and O–H groups in total. The van der Waals surface area contributed by atoms with Gasteiger partial charge in [0.2, 0.25) is 0 Å². The van der Waals surface area contributed by atoms with Crippen LogP contribution in [0.4, 0.5) is 0 Å². The van der Waals surface area contributed by atoms with Crippen molar-refractivity contribution in [2.24, 2.45) is 5.92 Å². The summed E-state index contributed by atoms with van der Waals surface area (Å²) in [5.41, 5.74) is 6.09. The highest BCUT2D eigenvalue weighted by Crippen LogP contribution is 2.45. The summed E-state index contributed by atoms with van der Waals surface area (Å²) < 4.78 is 8.49. The van der Waals surface area contributed by atoms with Gasteiger partial charge in [-0.15, -0.1) is 5.10 Å². The smallest absolute Gasteiger partial charge is 0.252 e. The number of nitriles is 1. The van der Waals surface area contributed by atoms with Crippen molar-refractivity contribution in [3.63, 3.8) is 0 Å². The lowest BCUT2D eigenvalue weighted by Gasteiger charge is -2.42. The number of benzene rings is 1. The maximum absolute atomic E-state index is 11.3. The molecule has 0 spiro atoms. The van der Waals surface area contributed by atoms with Gasteiger partial charge in [-0.3, -0.25) is 0 Å². The van der Waals surface area contributed by atoms with E-state index in [9.17, 15) is 5.11 Å². The highest BCUT2D eigenvalue weighted by molar-refractivity contribution is 5.35. The van der Waals surface area contributed by atoms with Crippen LogP contribution in [-0.2, 0) is 30.4 Å². The first-order chi connectivity index (χ1) is 17.9. The monoisotopic (exact) mass is 499 g/mol. The van der Waals surface area contributed by atoms with E-state index in [2.05, 4.69) is 46.3 Å². The second-order valence-corrected chi connectivity index (χ2v) is 10.8. The number of nitrogens with zero attached hydrogens (tertiary/aromatic N) is 5. The molecule has 2 aromatic heterocycles. The fraction of sp³-hybridized carbons (Fsp3) is 0.533. The van der Waals surface area contributed by atoms with Crippen molar-refractivity contribution in [3.8, 4) is 6.07 Å². The number of hydrogen-bond acceptors (Lipinski definition) is 6. The van der Waals surface area contributed by atoms with Crippen LogP contribution in [0.5, 0.6) is 0 Å². The van der Waals surface area contributed by atoms with Crippen LogP contribution in [0.3, 0.4) is 0 Å². The van der Waals surface area contributed by atoms with E-state index in [1.807, 2.05) is 19.9 Å². The summed E-state index contributed by atoms with van der Waals surface area (Å²) in [4.78, 5) is 9.10. The zero-order valence-electron chi connectivity index (χ0n) is 22.3. The predicted octanol–water partition coefficient (Wildman–Crippen LogP) is 5.71. The van der Waals surface area contributed by atoms with Gasteiger partial charge in [-0.1, -0.05) is 38.0 Å². The highest BCUT2D eigenvalue weighted by atomic mass is 16.5. The number of aromatic nitrogens is 4. The molecular weight excluding hydrogens is 462 g/mol. The molecule has 0 saturated heterocycles. The molecule has 5 rings (SSSR count). The molecule has 2 aliphatic rings. The Morgan fingerprint density at radius 1 is 1.16 bits per heavy atom. The summed E-state index contributed by atoms with van der Waals surface area (Å²) >= 11 is 0. The molecule has 37 heavy (non-hydrogen) atoms. The summed E-state index contributed by atoms with van der Waals surface area (Å²) in [6.45, 7) is 6.50. The van der Waals surface area contributed by atoms with Gasteiger partial charge in [0, 0.05) is 29.8 Å². The first-order valence-corrected chi connectivity index (χ1v) is 13.6. The fourth-order valence-corrected chi connectivity index (χ4v) is 6.26. The molecule has 3 heterocycles. The van der Waals surface area contributed by atoms with Crippen LogP contribution in [-0.4, -0.2) is 36.9 Å². The standard InChI is InChI=1S/C30H37N5O2/c1-4-23-16-22(9-10-24(23)12-14-31)11-13-30(26-7-5-6-8-26)18-27(36)25(19-37-30)17-28-33-29-32-20(2)15-21(3)35(29)34-28/h9-10,15-16,26,36H,4-8,11-13,17-19H2,1-3H3. The zero-order chi connectivity index (χ0) is 26.0. The van der Waals surface area contributed by atoms with Crippen molar-refractivity contribution in [2.45, 2.75) is 90.6 Å². The minimum absolute atomic E-state index is 0.344. The number of aliphatic hydroxyl groups excluding tert-OH is 1. The molecule has 1 unspecified atom stereocenters. The molecule has 3 aromatic rings. The van der Waals surface area contributed by atoms with Crippen LogP contribution in [0.25, 0.3) is 5.78 Å². The normalized spacial score (nSPS) is 20.6. The Bertz CT molecular complexity index is 1360. The van der Waals surface area contributed by atoms with Gasteiger partial charge in [0.25, 0.3) is 5.78 Å². The van der Waals surface area contributed by atoms with E-state index in [0.29, 0.717) is 49.1 Å². The molecule has 0 radical (unpaired) electrons. The molecule has 194 valence electrons. The zero-order valence-corrected chi connectivity index (χ0v) is 22.3. The lowest BCUT2D eigenvalue weighted by atomic mass is 9.76. The minimum Gasteiger partial charge on any atom is -0.512 e. The molecule has 1 saturated carbocycles. The van der Waals surface area contributed by atoms with E-state index >= 15 is 0 Å². The van der Waals surface area contributed by atoms with Crippen molar-refractivity contribution >= 4 is 5.78 Å². The average molecular weight is 500 g/mol. The van der Waals surface area contributed by atoms with Crippen molar-refractivity contribution in [3.05, 3.63) is 69.5 Å². The van der Waals surface area contributed by atoms with Crippen molar-refractivity contribution in [2.75, 3.05) is 6.61 Å². The van der Waals surface area contributed by atoms with Crippen LogP contribution in [0, 0.1) is 31.1 Å². The Morgan fingerprint density at radius 2 is 1.97 bits per heavy atom. The number of aliphatic hydroxyl groups is 1. The second-order valence-electron chi connectivity index (χ2n) is 10.8. The summed E-state index contributed by atoms with van der Waals surface area (Å²) in [6, 6.07) is 10.8. The maximum Gasteiger partial charge on any atom is 0.252 e. The van der Waals surface area contributed by atoms with Crippen molar-refractivity contribution in [1.82, 2.24) is 19.6 Å². The molecule has 1 atom stereocenters. The summed E-state index contributed by atoms with van der Waals surface area (Å²) in [7, 11) is 0. The van der Waals surface area contributed by atoms with E-state index in [1.54, 1.807) is 4.52 Å². The summed E-state index contributed by atoms with van der Waals surface area (Å²) in [6.07, 6.45) is 8.94. The lowest BCUT2D eigenvalue weighted by Crippen LogP contribution is -2.44. The van der Waals surface area contributed by atoms with Gasteiger partial charge in [0.1, 0.15) is 0 Å². The number of aryl methyl sites for hydroxylation is 4. The second kappa shape index (κ2) is 10.6. The van der Waals surface area contributed by atoms with E-state index in [0.717, 1.165) is 54.6 Å². The maximum atomic E-state index is 11.3. The summed E-state index contributed by atoms with van der Waals surface area (Å²) in [5.74, 6) is 2.15. The van der Waals surface area contributed by atoms with Gasteiger partial charge in [0.05, 0.1) is 30.5 Å². The molecular formula is C30H37N5O2. The molecule has 1 aliphatic heterocycles. The molecule has 1 aromatic carbocycles. The third-order valence-electron chi connectivity index (χ3n) is 8.30. The van der Waals surface area contributed by atoms with Gasteiger partial charge < -0.3 is 9.84 Å². The van der Waals surface area contributed by atoms with Crippen molar-refractivity contribution < 1.29 is 9.84 Å². The van der Waals surface area contributed by atoms with Gasteiger partial charge >= 0.3 is 0 Å². The molecule has 7 heteroatoms. The van der Waals surface area contributed by atoms with Crippen LogP contribution >= 0.6 is 0 Å². The Hall–Kier alpha value is -3.24. The number of fused-ring (bicyclic) bond motifs is 1. The van der Waals surface area contributed by atoms with E-state index in [-0.39, 0.29) is 5.60 Å². The van der Waals surface area contributed by atoms with E-state index < -0.39 is 0 Å². The molecule has 7 nitrogen and oxygen atoms in total. The highest BCUT2D eigenvalue weighted by Gasteiger charge is 2.44. The number of hydrogen-bond donors (Lipinski definition) is 1. The van der Waals surface area contributed by atoms with Crippen LogP contribution in [0.15, 0.2) is 35.6 Å². The quantitative estimate of drug-likeness (QED) is 0.427.